The van der Waals surface area contributed by atoms with Gasteiger partial charge in [-0.1, -0.05) is 50.7 Å². The van der Waals surface area contributed by atoms with E-state index in [4.69, 9.17) is 39.5 Å². The van der Waals surface area contributed by atoms with Gasteiger partial charge in [-0.15, -0.1) is 0 Å². The van der Waals surface area contributed by atoms with E-state index in [0.717, 1.165) is 4.47 Å². The number of ether oxygens (including phenoxy) is 1. The molecule has 0 aliphatic rings. The SMILES string of the molecule is O=C(COC(=O)c1ccc(Cl)c(Cl)c1)Nc1ccc(Br)cc1Cl. The van der Waals surface area contributed by atoms with Gasteiger partial charge in [-0.25, -0.2) is 4.79 Å². The van der Waals surface area contributed by atoms with Crippen LogP contribution in [0.4, 0.5) is 5.69 Å². The summed E-state index contributed by atoms with van der Waals surface area (Å²) >= 11 is 20.8. The zero-order chi connectivity index (χ0) is 17.0. The molecule has 23 heavy (non-hydrogen) atoms. The van der Waals surface area contributed by atoms with E-state index >= 15 is 0 Å². The molecule has 0 radical (unpaired) electrons. The third kappa shape index (κ3) is 5.11. The standard InChI is InChI=1S/C15H9BrCl3NO3/c16-9-2-4-13(12(19)6-9)20-14(21)7-23-15(22)8-1-3-10(17)11(18)5-8/h1-6H,7H2,(H,20,21). The molecule has 0 heterocycles. The van der Waals surface area contributed by atoms with Gasteiger partial charge in [0.05, 0.1) is 26.3 Å². The largest absolute Gasteiger partial charge is 0.452 e. The van der Waals surface area contributed by atoms with Crippen LogP contribution in [-0.2, 0) is 9.53 Å². The highest BCUT2D eigenvalue weighted by Gasteiger charge is 2.13. The first kappa shape index (κ1) is 18.1. The van der Waals surface area contributed by atoms with Crippen molar-refractivity contribution < 1.29 is 14.3 Å². The molecular formula is C15H9BrCl3NO3. The van der Waals surface area contributed by atoms with Crippen molar-refractivity contribution in [2.24, 2.45) is 0 Å². The first-order valence-electron chi connectivity index (χ1n) is 6.24. The van der Waals surface area contributed by atoms with Crippen LogP contribution in [0.25, 0.3) is 0 Å². The minimum atomic E-state index is -0.680. The van der Waals surface area contributed by atoms with Crippen molar-refractivity contribution in [2.75, 3.05) is 11.9 Å². The van der Waals surface area contributed by atoms with Crippen LogP contribution in [0.2, 0.25) is 15.1 Å². The van der Waals surface area contributed by atoms with Crippen molar-refractivity contribution in [2.45, 2.75) is 0 Å². The van der Waals surface area contributed by atoms with Crippen molar-refractivity contribution >= 4 is 68.3 Å². The number of benzene rings is 2. The summed E-state index contributed by atoms with van der Waals surface area (Å²) in [5, 5.41) is 3.47. The van der Waals surface area contributed by atoms with E-state index in [1.54, 1.807) is 18.2 Å². The zero-order valence-electron chi connectivity index (χ0n) is 11.4. The van der Waals surface area contributed by atoms with Crippen LogP contribution in [0, 0.1) is 0 Å². The highest BCUT2D eigenvalue weighted by molar-refractivity contribution is 9.10. The van der Waals surface area contributed by atoms with Gasteiger partial charge in [0.25, 0.3) is 5.91 Å². The molecule has 2 aromatic rings. The normalized spacial score (nSPS) is 10.3. The van der Waals surface area contributed by atoms with E-state index in [1.807, 2.05) is 0 Å². The second-order valence-electron chi connectivity index (χ2n) is 4.38. The number of nitrogens with one attached hydrogen (secondary N) is 1. The molecule has 0 bridgehead atoms. The van der Waals surface area contributed by atoms with E-state index in [2.05, 4.69) is 21.2 Å². The smallest absolute Gasteiger partial charge is 0.338 e. The fourth-order valence-electron chi connectivity index (χ4n) is 1.61. The Balaban J connectivity index is 1.93. The molecule has 2 aromatic carbocycles. The highest BCUT2D eigenvalue weighted by atomic mass is 79.9. The fourth-order valence-corrected chi connectivity index (χ4v) is 2.63. The Morgan fingerprint density at radius 1 is 1.00 bits per heavy atom. The number of carbonyl (C=O) groups is 2. The summed E-state index contributed by atoms with van der Waals surface area (Å²) < 4.78 is 5.70. The maximum Gasteiger partial charge on any atom is 0.338 e. The van der Waals surface area contributed by atoms with Gasteiger partial charge in [0.2, 0.25) is 0 Å². The Morgan fingerprint density at radius 2 is 1.74 bits per heavy atom. The van der Waals surface area contributed by atoms with Gasteiger partial charge in [-0.3, -0.25) is 4.79 Å². The van der Waals surface area contributed by atoms with Gasteiger partial charge in [0.1, 0.15) is 0 Å². The topological polar surface area (TPSA) is 55.4 Å². The highest BCUT2D eigenvalue weighted by Crippen LogP contribution is 2.25. The molecule has 4 nitrogen and oxygen atoms in total. The molecule has 2 rings (SSSR count). The van der Waals surface area contributed by atoms with Crippen LogP contribution in [0.5, 0.6) is 0 Å². The number of carbonyl (C=O) groups excluding carboxylic acids is 2. The van der Waals surface area contributed by atoms with Crippen molar-refractivity contribution in [3.05, 3.63) is 61.5 Å². The molecule has 1 N–H and O–H groups in total. The molecule has 0 aliphatic heterocycles. The van der Waals surface area contributed by atoms with Gasteiger partial charge >= 0.3 is 5.97 Å². The second-order valence-corrected chi connectivity index (χ2v) is 6.51. The molecule has 0 saturated carbocycles. The number of amides is 1. The summed E-state index contributed by atoms with van der Waals surface area (Å²) in [6.45, 7) is -0.453. The molecule has 0 unspecified atom stereocenters. The Hall–Kier alpha value is -1.27. The molecule has 0 aromatic heterocycles. The zero-order valence-corrected chi connectivity index (χ0v) is 15.3. The van der Waals surface area contributed by atoms with Gasteiger partial charge < -0.3 is 10.1 Å². The van der Waals surface area contributed by atoms with E-state index < -0.39 is 18.5 Å². The minimum absolute atomic E-state index is 0.203. The molecule has 0 spiro atoms. The van der Waals surface area contributed by atoms with Crippen LogP contribution in [0.15, 0.2) is 40.9 Å². The number of hydrogen-bond acceptors (Lipinski definition) is 3. The van der Waals surface area contributed by atoms with Gasteiger partial charge in [-0.05, 0) is 36.4 Å². The van der Waals surface area contributed by atoms with Crippen molar-refractivity contribution in [1.82, 2.24) is 0 Å². The summed E-state index contributed by atoms with van der Waals surface area (Å²) in [4.78, 5) is 23.6. The third-order valence-corrected chi connectivity index (χ3v) is 4.24. The van der Waals surface area contributed by atoms with E-state index in [9.17, 15) is 9.59 Å². The van der Waals surface area contributed by atoms with Crippen LogP contribution in [0.1, 0.15) is 10.4 Å². The quantitative estimate of drug-likeness (QED) is 0.669. The lowest BCUT2D eigenvalue weighted by Crippen LogP contribution is -2.21. The summed E-state index contributed by atoms with van der Waals surface area (Å²) in [5.74, 6) is -1.19. The monoisotopic (exact) mass is 435 g/mol. The number of halogens is 4. The lowest BCUT2D eigenvalue weighted by molar-refractivity contribution is -0.119. The van der Waals surface area contributed by atoms with E-state index in [0.29, 0.717) is 15.7 Å². The maximum absolute atomic E-state index is 11.8. The summed E-state index contributed by atoms with van der Waals surface area (Å²) in [6, 6.07) is 9.30. The summed E-state index contributed by atoms with van der Waals surface area (Å²) in [5.41, 5.74) is 0.624. The molecule has 120 valence electrons. The van der Waals surface area contributed by atoms with Crippen LogP contribution < -0.4 is 5.32 Å². The Labute approximate surface area is 155 Å². The van der Waals surface area contributed by atoms with Gasteiger partial charge in [0.15, 0.2) is 6.61 Å². The van der Waals surface area contributed by atoms with Crippen LogP contribution in [0.3, 0.4) is 0 Å². The van der Waals surface area contributed by atoms with Gasteiger partial charge in [0, 0.05) is 4.47 Å². The summed E-state index contributed by atoms with van der Waals surface area (Å²) in [6.07, 6.45) is 0. The van der Waals surface area contributed by atoms with Crippen molar-refractivity contribution in [3.63, 3.8) is 0 Å². The first-order chi connectivity index (χ1) is 10.9. The number of hydrogen-bond donors (Lipinski definition) is 1. The minimum Gasteiger partial charge on any atom is -0.452 e. The molecule has 8 heteroatoms. The lowest BCUT2D eigenvalue weighted by Gasteiger charge is -2.08. The third-order valence-electron chi connectivity index (χ3n) is 2.69. The van der Waals surface area contributed by atoms with Crippen LogP contribution in [-0.4, -0.2) is 18.5 Å². The average molecular weight is 438 g/mol. The van der Waals surface area contributed by atoms with Gasteiger partial charge in [-0.2, -0.15) is 0 Å². The number of anilines is 1. The van der Waals surface area contributed by atoms with Crippen molar-refractivity contribution in [3.8, 4) is 0 Å². The Kier molecular flexibility index (Phi) is 6.30. The second kappa shape index (κ2) is 8.02. The molecular weight excluding hydrogens is 428 g/mol. The lowest BCUT2D eigenvalue weighted by atomic mass is 10.2. The van der Waals surface area contributed by atoms with Crippen molar-refractivity contribution in [1.29, 1.82) is 0 Å². The predicted octanol–water partition coefficient (Wildman–Crippen LogP) is 5.20. The molecule has 0 fully saturated rings. The average Bonchev–Trinajstić information content (AvgIpc) is 2.50. The Bertz CT molecular complexity index is 768. The van der Waals surface area contributed by atoms with E-state index in [-0.39, 0.29) is 10.6 Å². The molecule has 0 aliphatic carbocycles. The van der Waals surface area contributed by atoms with E-state index in [1.165, 1.54) is 18.2 Å². The summed E-state index contributed by atoms with van der Waals surface area (Å²) in [7, 11) is 0. The fraction of sp³-hybridized carbons (Fsp3) is 0.0667. The molecule has 0 saturated heterocycles. The Morgan fingerprint density at radius 3 is 2.39 bits per heavy atom. The van der Waals surface area contributed by atoms with Crippen LogP contribution >= 0.6 is 50.7 Å². The first-order valence-corrected chi connectivity index (χ1v) is 8.16. The number of esters is 1. The maximum atomic E-state index is 11.8. The molecule has 0 atom stereocenters. The predicted molar refractivity (Wildman–Crippen MR) is 94.5 cm³/mol. The number of rotatable bonds is 4. The molecule has 1 amide bonds.